The first-order chi connectivity index (χ1) is 38.7. The lowest BCUT2D eigenvalue weighted by Crippen LogP contribution is -2.28. The number of aromatic nitrogens is 1. The minimum absolute atomic E-state index is 0.154. The molecule has 13 aromatic rings. The van der Waals surface area contributed by atoms with Crippen molar-refractivity contribution in [3.8, 4) is 50.2 Å². The van der Waals surface area contributed by atoms with Crippen LogP contribution in [0.25, 0.3) is 82.8 Å². The summed E-state index contributed by atoms with van der Waals surface area (Å²) in [5.74, 6) is 0. The van der Waals surface area contributed by atoms with Gasteiger partial charge >= 0.3 is 0 Å². The van der Waals surface area contributed by atoms with E-state index in [1.165, 1.54) is 122 Å². The zero-order valence-corrected chi connectivity index (χ0v) is 44.8. The maximum atomic E-state index is 2.53. The first-order valence-corrected chi connectivity index (χ1v) is 27.9. The van der Waals surface area contributed by atoms with Gasteiger partial charge < -0.3 is 9.47 Å². The molecule has 0 bridgehead atoms. The summed E-state index contributed by atoms with van der Waals surface area (Å²) in [6.45, 7) is 9.53. The molecule has 16 rings (SSSR count). The van der Waals surface area contributed by atoms with Gasteiger partial charge in [-0.25, -0.2) is 0 Å². The number of hydrogen-bond acceptors (Lipinski definition) is 1. The summed E-state index contributed by atoms with van der Waals surface area (Å²) in [6, 6.07) is 101. The van der Waals surface area contributed by atoms with E-state index in [4.69, 9.17) is 0 Å². The molecule has 1 aromatic heterocycles. The van der Waals surface area contributed by atoms with Gasteiger partial charge in [0.2, 0.25) is 0 Å². The second kappa shape index (κ2) is 16.8. The summed E-state index contributed by atoms with van der Waals surface area (Å²) in [7, 11) is 0. The van der Waals surface area contributed by atoms with E-state index in [-0.39, 0.29) is 10.8 Å². The fourth-order valence-electron chi connectivity index (χ4n) is 14.8. The Kier molecular flexibility index (Phi) is 9.68. The predicted octanol–water partition coefficient (Wildman–Crippen LogP) is 20.0. The Balaban J connectivity index is 0.909. The van der Waals surface area contributed by atoms with Crippen molar-refractivity contribution >= 4 is 49.6 Å². The van der Waals surface area contributed by atoms with Crippen LogP contribution in [0.3, 0.4) is 0 Å². The zero-order chi connectivity index (χ0) is 52.8. The van der Waals surface area contributed by atoms with E-state index in [1.54, 1.807) is 0 Å². The largest absolute Gasteiger partial charge is 0.310 e. The van der Waals surface area contributed by atoms with Crippen LogP contribution in [-0.2, 0) is 16.2 Å². The van der Waals surface area contributed by atoms with Crippen molar-refractivity contribution in [1.82, 2.24) is 4.57 Å². The molecule has 0 saturated carbocycles. The number of hydrogen-bond donors (Lipinski definition) is 0. The van der Waals surface area contributed by atoms with Crippen LogP contribution < -0.4 is 4.90 Å². The molecule has 3 aliphatic rings. The summed E-state index contributed by atoms with van der Waals surface area (Å²) >= 11 is 0. The number of para-hydroxylation sites is 1. The van der Waals surface area contributed by atoms with Crippen LogP contribution in [0, 0.1) is 0 Å². The van der Waals surface area contributed by atoms with E-state index in [2.05, 4.69) is 304 Å². The Hall–Kier alpha value is -9.50. The molecule has 0 N–H and O–H groups in total. The third kappa shape index (κ3) is 6.34. The summed E-state index contributed by atoms with van der Waals surface area (Å²) in [4.78, 5) is 2.53. The smallest absolute Gasteiger partial charge is 0.0713 e. The molecule has 0 saturated heterocycles. The molecular formula is C77H56N2. The van der Waals surface area contributed by atoms with Crippen molar-refractivity contribution < 1.29 is 0 Å². The second-order valence-electron chi connectivity index (χ2n) is 23.2. The molecule has 0 fully saturated rings. The minimum Gasteiger partial charge on any atom is -0.310 e. The summed E-state index contributed by atoms with van der Waals surface area (Å²) in [6.07, 6.45) is 0. The van der Waals surface area contributed by atoms with Crippen molar-refractivity contribution in [2.24, 2.45) is 0 Å². The van der Waals surface area contributed by atoms with Crippen molar-refractivity contribution in [3.05, 3.63) is 311 Å². The Morgan fingerprint density at radius 1 is 0.291 bits per heavy atom. The molecule has 0 radical (unpaired) electrons. The lowest BCUT2D eigenvalue weighted by molar-refractivity contribution is 0.660. The van der Waals surface area contributed by atoms with Gasteiger partial charge in [-0.1, -0.05) is 228 Å². The highest BCUT2D eigenvalue weighted by Crippen LogP contribution is 2.58. The molecule has 0 amide bonds. The van der Waals surface area contributed by atoms with Crippen LogP contribution in [0.4, 0.5) is 17.1 Å². The van der Waals surface area contributed by atoms with Crippen LogP contribution >= 0.6 is 0 Å². The SMILES string of the molecule is CC1(C)c2ccccc2-c2ccc(N(c3ccc4c(c3)C(C)(C)c3ccccc3-4)c3ccc(-c4ccc5c(c4)c4cc(C6(c7ccccc7)c7ccccc7-c7ccccc76)ccc4n5-c4ccccc4)c4ccccc34)cc21. The van der Waals surface area contributed by atoms with E-state index in [1.807, 2.05) is 0 Å². The van der Waals surface area contributed by atoms with Gasteiger partial charge in [-0.2, -0.15) is 0 Å². The molecule has 12 aromatic carbocycles. The second-order valence-corrected chi connectivity index (χ2v) is 23.2. The topological polar surface area (TPSA) is 8.17 Å². The minimum atomic E-state index is -0.517. The third-order valence-corrected chi connectivity index (χ3v) is 18.5. The highest BCUT2D eigenvalue weighted by Gasteiger charge is 2.46. The molecule has 2 heteroatoms. The van der Waals surface area contributed by atoms with Crippen molar-refractivity contribution in [3.63, 3.8) is 0 Å². The molecule has 374 valence electrons. The van der Waals surface area contributed by atoms with Gasteiger partial charge in [-0.15, -0.1) is 0 Å². The van der Waals surface area contributed by atoms with E-state index >= 15 is 0 Å². The molecule has 79 heavy (non-hydrogen) atoms. The van der Waals surface area contributed by atoms with E-state index in [0.29, 0.717) is 0 Å². The van der Waals surface area contributed by atoms with Crippen LogP contribution in [0.5, 0.6) is 0 Å². The normalized spacial score (nSPS) is 14.6. The summed E-state index contributed by atoms with van der Waals surface area (Å²) < 4.78 is 2.45. The number of rotatable bonds is 7. The number of nitrogens with zero attached hydrogens (tertiary/aromatic N) is 2. The molecule has 2 nitrogen and oxygen atoms in total. The molecule has 0 spiro atoms. The van der Waals surface area contributed by atoms with Crippen LogP contribution in [0.15, 0.2) is 267 Å². The van der Waals surface area contributed by atoms with Crippen molar-refractivity contribution in [1.29, 1.82) is 0 Å². The standard InChI is InChI=1S/C77H56N2/c1-75(2)66-31-17-13-26-57(66)61-39-37-53(47-70(61)75)78(54-38-40-62-58-27-14-18-32-67(58)76(3,4)71(62)48-54)72-44-41-55(56-25-11-12-30-63(56)72)49-35-42-73-64(45-49)65-46-51(36-43-74(65)79(73)52-23-9-6-10-24-52)77(50-21-7-5-8-22-50)68-33-19-15-28-59(68)60-29-16-20-34-69(60)77/h5-48H,1-4H3. The fourth-order valence-corrected chi connectivity index (χ4v) is 14.8. The van der Waals surface area contributed by atoms with Gasteiger partial charge in [0.15, 0.2) is 0 Å². The Morgan fingerprint density at radius 2 is 0.734 bits per heavy atom. The Morgan fingerprint density at radius 3 is 1.32 bits per heavy atom. The first kappa shape index (κ1) is 45.7. The predicted molar refractivity (Wildman–Crippen MR) is 331 cm³/mol. The van der Waals surface area contributed by atoms with Gasteiger partial charge in [0.05, 0.1) is 22.1 Å². The van der Waals surface area contributed by atoms with Gasteiger partial charge in [0.1, 0.15) is 0 Å². The lowest BCUT2D eigenvalue weighted by atomic mass is 9.67. The zero-order valence-electron chi connectivity index (χ0n) is 44.8. The quantitative estimate of drug-likeness (QED) is 0.154. The molecule has 0 aliphatic heterocycles. The van der Waals surface area contributed by atoms with Crippen LogP contribution in [0.2, 0.25) is 0 Å². The molecule has 3 aliphatic carbocycles. The lowest BCUT2D eigenvalue weighted by Gasteiger charge is -2.34. The first-order valence-electron chi connectivity index (χ1n) is 27.9. The third-order valence-electron chi connectivity index (χ3n) is 18.5. The molecule has 0 atom stereocenters. The Labute approximate surface area is 462 Å². The average molecular weight is 1010 g/mol. The van der Waals surface area contributed by atoms with Crippen LogP contribution in [-0.4, -0.2) is 4.57 Å². The van der Waals surface area contributed by atoms with Crippen LogP contribution in [0.1, 0.15) is 72.2 Å². The number of benzene rings is 12. The van der Waals surface area contributed by atoms with Gasteiger partial charge in [-0.3, -0.25) is 0 Å². The fraction of sp³-hybridized carbons (Fsp3) is 0.0909. The molecular weight excluding hydrogens is 953 g/mol. The maximum absolute atomic E-state index is 2.53. The highest BCUT2D eigenvalue weighted by atomic mass is 15.1. The van der Waals surface area contributed by atoms with E-state index < -0.39 is 5.41 Å². The maximum Gasteiger partial charge on any atom is 0.0713 e. The van der Waals surface area contributed by atoms with Gasteiger partial charge in [0, 0.05) is 44.1 Å². The van der Waals surface area contributed by atoms with Gasteiger partial charge in [0.25, 0.3) is 0 Å². The Bertz CT molecular complexity index is 4510. The average Bonchev–Trinajstić information content (AvgIpc) is 4.02. The van der Waals surface area contributed by atoms with Crippen molar-refractivity contribution in [2.75, 3.05) is 4.90 Å². The van der Waals surface area contributed by atoms with Gasteiger partial charge in [-0.05, 0) is 161 Å². The molecule has 1 heterocycles. The number of anilines is 3. The highest BCUT2D eigenvalue weighted by molar-refractivity contribution is 6.13. The van der Waals surface area contributed by atoms with E-state index in [9.17, 15) is 0 Å². The monoisotopic (exact) mass is 1010 g/mol. The summed E-state index contributed by atoms with van der Waals surface area (Å²) in [5.41, 5.74) is 27.0. The molecule has 0 unspecified atom stereocenters. The van der Waals surface area contributed by atoms with E-state index in [0.717, 1.165) is 22.7 Å². The summed E-state index contributed by atoms with van der Waals surface area (Å²) in [5, 5.41) is 4.86. The number of fused-ring (bicyclic) bond motifs is 13. The van der Waals surface area contributed by atoms with Crippen molar-refractivity contribution in [2.45, 2.75) is 43.9 Å².